The average Bonchev–Trinajstić information content (AvgIpc) is 2.91. The van der Waals surface area contributed by atoms with Crippen molar-refractivity contribution in [2.24, 2.45) is 0 Å². The van der Waals surface area contributed by atoms with Gasteiger partial charge in [-0.15, -0.1) is 0 Å². The third-order valence-electron chi connectivity index (χ3n) is 3.66. The molecule has 21 heavy (non-hydrogen) atoms. The molecule has 1 aromatic heterocycles. The molecule has 3 rings (SSSR count). The Bertz CT molecular complexity index is 746. The zero-order chi connectivity index (χ0) is 14.7. The quantitative estimate of drug-likeness (QED) is 0.698. The van der Waals surface area contributed by atoms with E-state index in [1.807, 2.05) is 24.3 Å². The van der Waals surface area contributed by atoms with E-state index in [0.717, 1.165) is 18.0 Å². The lowest BCUT2D eigenvalue weighted by atomic mass is 10.2. The Morgan fingerprint density at radius 1 is 0.952 bits per heavy atom. The first-order valence-corrected chi connectivity index (χ1v) is 7.16. The van der Waals surface area contributed by atoms with Gasteiger partial charge in [0.15, 0.2) is 11.5 Å². The standard InChI is InChI=1S/C18H19NO2/c1-3-19-12-14(15-8-4-5-9-16(15)19)13-21-18-11-7-6-10-17(18)20-2/h4-12H,3,13H2,1-2H3. The van der Waals surface area contributed by atoms with Crippen LogP contribution in [0.4, 0.5) is 0 Å². The molecule has 0 atom stereocenters. The highest BCUT2D eigenvalue weighted by Crippen LogP contribution is 2.28. The number of rotatable bonds is 5. The lowest BCUT2D eigenvalue weighted by Gasteiger charge is -2.09. The summed E-state index contributed by atoms with van der Waals surface area (Å²) in [4.78, 5) is 0. The highest BCUT2D eigenvalue weighted by molar-refractivity contribution is 5.83. The molecule has 0 fully saturated rings. The largest absolute Gasteiger partial charge is 0.493 e. The number of methoxy groups -OCH3 is 1. The molecular formula is C18H19NO2. The SMILES string of the molecule is CCn1cc(COc2ccccc2OC)c2ccccc21. The van der Waals surface area contributed by atoms with Crippen LogP contribution in [0, 0.1) is 0 Å². The molecular weight excluding hydrogens is 262 g/mol. The molecule has 3 heteroatoms. The predicted octanol–water partition coefficient (Wildman–Crippen LogP) is 4.25. The van der Waals surface area contributed by atoms with Gasteiger partial charge in [0.25, 0.3) is 0 Å². The number of fused-ring (bicyclic) bond motifs is 1. The summed E-state index contributed by atoms with van der Waals surface area (Å²) in [6.45, 7) is 3.64. The van der Waals surface area contributed by atoms with Crippen molar-refractivity contribution in [1.29, 1.82) is 0 Å². The van der Waals surface area contributed by atoms with Crippen LogP contribution in [0.5, 0.6) is 11.5 Å². The van der Waals surface area contributed by atoms with Crippen LogP contribution in [-0.2, 0) is 13.2 Å². The van der Waals surface area contributed by atoms with E-state index < -0.39 is 0 Å². The number of aromatic nitrogens is 1. The molecule has 0 aliphatic heterocycles. The van der Waals surface area contributed by atoms with Gasteiger partial charge in [-0.25, -0.2) is 0 Å². The average molecular weight is 281 g/mol. The van der Waals surface area contributed by atoms with Crippen molar-refractivity contribution in [3.63, 3.8) is 0 Å². The number of benzene rings is 2. The number of hydrogen-bond acceptors (Lipinski definition) is 2. The molecule has 0 saturated carbocycles. The number of nitrogens with zero attached hydrogens (tertiary/aromatic N) is 1. The van der Waals surface area contributed by atoms with Crippen LogP contribution < -0.4 is 9.47 Å². The first-order valence-electron chi connectivity index (χ1n) is 7.16. The number of para-hydroxylation sites is 3. The monoisotopic (exact) mass is 281 g/mol. The first-order chi connectivity index (χ1) is 10.3. The van der Waals surface area contributed by atoms with Gasteiger partial charge in [-0.1, -0.05) is 30.3 Å². The van der Waals surface area contributed by atoms with E-state index in [0.29, 0.717) is 6.61 Å². The van der Waals surface area contributed by atoms with Gasteiger partial charge in [-0.05, 0) is 25.1 Å². The van der Waals surface area contributed by atoms with Crippen LogP contribution in [0.3, 0.4) is 0 Å². The van der Waals surface area contributed by atoms with Gasteiger partial charge < -0.3 is 14.0 Å². The zero-order valence-corrected chi connectivity index (χ0v) is 12.4. The van der Waals surface area contributed by atoms with Crippen molar-refractivity contribution in [2.75, 3.05) is 7.11 Å². The van der Waals surface area contributed by atoms with E-state index in [2.05, 4.69) is 42.0 Å². The molecule has 0 unspecified atom stereocenters. The molecule has 108 valence electrons. The van der Waals surface area contributed by atoms with Gasteiger partial charge in [0, 0.05) is 29.2 Å². The summed E-state index contributed by atoms with van der Waals surface area (Å²) in [5.74, 6) is 1.53. The van der Waals surface area contributed by atoms with Crippen LogP contribution in [0.15, 0.2) is 54.7 Å². The van der Waals surface area contributed by atoms with E-state index >= 15 is 0 Å². The Morgan fingerprint density at radius 2 is 1.67 bits per heavy atom. The zero-order valence-electron chi connectivity index (χ0n) is 12.4. The molecule has 2 aromatic carbocycles. The van der Waals surface area contributed by atoms with Crippen LogP contribution in [0.25, 0.3) is 10.9 Å². The molecule has 0 N–H and O–H groups in total. The minimum absolute atomic E-state index is 0.536. The van der Waals surface area contributed by atoms with Gasteiger partial charge in [-0.3, -0.25) is 0 Å². The van der Waals surface area contributed by atoms with E-state index in [-0.39, 0.29) is 0 Å². The maximum absolute atomic E-state index is 5.94. The molecule has 0 aliphatic carbocycles. The third kappa shape index (κ3) is 2.59. The van der Waals surface area contributed by atoms with Gasteiger partial charge in [0.05, 0.1) is 7.11 Å². The van der Waals surface area contributed by atoms with E-state index in [1.165, 1.54) is 16.5 Å². The minimum atomic E-state index is 0.536. The Hall–Kier alpha value is -2.42. The molecule has 0 amide bonds. The lowest BCUT2D eigenvalue weighted by molar-refractivity contribution is 0.285. The maximum atomic E-state index is 5.94. The fraction of sp³-hybridized carbons (Fsp3) is 0.222. The summed E-state index contributed by atoms with van der Waals surface area (Å²) in [5, 5.41) is 1.24. The number of aryl methyl sites for hydroxylation is 1. The molecule has 0 radical (unpaired) electrons. The molecule has 3 nitrogen and oxygen atoms in total. The summed E-state index contributed by atoms with van der Waals surface area (Å²) in [6.07, 6.45) is 2.17. The summed E-state index contributed by atoms with van der Waals surface area (Å²) >= 11 is 0. The van der Waals surface area contributed by atoms with Crippen LogP contribution >= 0.6 is 0 Å². The molecule has 0 aliphatic rings. The van der Waals surface area contributed by atoms with Crippen LogP contribution in [0.2, 0.25) is 0 Å². The predicted molar refractivity (Wildman–Crippen MR) is 84.9 cm³/mol. The third-order valence-corrected chi connectivity index (χ3v) is 3.66. The van der Waals surface area contributed by atoms with E-state index in [4.69, 9.17) is 9.47 Å². The molecule has 0 bridgehead atoms. The van der Waals surface area contributed by atoms with E-state index in [9.17, 15) is 0 Å². The van der Waals surface area contributed by atoms with Gasteiger partial charge >= 0.3 is 0 Å². The number of hydrogen-bond donors (Lipinski definition) is 0. The highest BCUT2D eigenvalue weighted by atomic mass is 16.5. The second kappa shape index (κ2) is 5.92. The summed E-state index contributed by atoms with van der Waals surface area (Å²) in [5.41, 5.74) is 2.44. The number of ether oxygens (including phenoxy) is 2. The fourth-order valence-corrected chi connectivity index (χ4v) is 2.59. The highest BCUT2D eigenvalue weighted by Gasteiger charge is 2.09. The smallest absolute Gasteiger partial charge is 0.161 e. The molecule has 3 aromatic rings. The Balaban J connectivity index is 1.88. The normalized spacial score (nSPS) is 10.8. The van der Waals surface area contributed by atoms with Crippen LogP contribution in [-0.4, -0.2) is 11.7 Å². The lowest BCUT2D eigenvalue weighted by Crippen LogP contribution is -1.97. The van der Waals surface area contributed by atoms with Crippen LogP contribution in [0.1, 0.15) is 12.5 Å². The summed E-state index contributed by atoms with van der Waals surface area (Å²) < 4.78 is 13.5. The van der Waals surface area contributed by atoms with Crippen molar-refractivity contribution in [3.8, 4) is 11.5 Å². The minimum Gasteiger partial charge on any atom is -0.493 e. The van der Waals surface area contributed by atoms with Gasteiger partial charge in [-0.2, -0.15) is 0 Å². The fourth-order valence-electron chi connectivity index (χ4n) is 2.59. The van der Waals surface area contributed by atoms with Crippen molar-refractivity contribution < 1.29 is 9.47 Å². The van der Waals surface area contributed by atoms with Crippen molar-refractivity contribution in [1.82, 2.24) is 4.57 Å². The van der Waals surface area contributed by atoms with Crippen molar-refractivity contribution in [2.45, 2.75) is 20.1 Å². The Kier molecular flexibility index (Phi) is 3.82. The Morgan fingerprint density at radius 3 is 2.43 bits per heavy atom. The maximum Gasteiger partial charge on any atom is 0.161 e. The van der Waals surface area contributed by atoms with E-state index in [1.54, 1.807) is 7.11 Å². The summed E-state index contributed by atoms with van der Waals surface area (Å²) in [6, 6.07) is 16.1. The topological polar surface area (TPSA) is 23.4 Å². The second-order valence-corrected chi connectivity index (χ2v) is 4.90. The summed E-state index contributed by atoms with van der Waals surface area (Å²) in [7, 11) is 1.66. The molecule has 0 saturated heterocycles. The first kappa shape index (κ1) is 13.6. The van der Waals surface area contributed by atoms with Crippen molar-refractivity contribution in [3.05, 3.63) is 60.3 Å². The van der Waals surface area contributed by atoms with Crippen molar-refractivity contribution >= 4 is 10.9 Å². The Labute approximate surface area is 124 Å². The second-order valence-electron chi connectivity index (χ2n) is 4.90. The molecule has 0 spiro atoms. The molecule has 1 heterocycles. The van der Waals surface area contributed by atoms with Gasteiger partial charge in [0.1, 0.15) is 6.61 Å². The van der Waals surface area contributed by atoms with Gasteiger partial charge in [0.2, 0.25) is 0 Å².